The Labute approximate surface area is 107 Å². The second kappa shape index (κ2) is 4.97. The molecular weight excluding hydrogens is 252 g/mol. The fourth-order valence-electron chi connectivity index (χ4n) is 1.46. The van der Waals surface area contributed by atoms with Gasteiger partial charge in [0, 0.05) is 0 Å². The number of hydrogen-bond acceptors (Lipinski definition) is 4. The van der Waals surface area contributed by atoms with E-state index in [2.05, 4.69) is 10.3 Å². The summed E-state index contributed by atoms with van der Waals surface area (Å²) in [6.07, 6.45) is 0. The Morgan fingerprint density at radius 1 is 1.28 bits per heavy atom. The molecule has 0 aliphatic carbocycles. The number of carboxylic acids is 1. The normalized spacial score (nSPS) is 10.1. The minimum absolute atomic E-state index is 0.0165. The molecule has 1 aromatic carbocycles. The van der Waals surface area contributed by atoms with Crippen LogP contribution in [0.3, 0.4) is 0 Å². The maximum Gasteiger partial charge on any atom is 0.336 e. The minimum atomic E-state index is -1.12. The molecule has 0 aliphatic heterocycles. The third-order valence-electron chi connectivity index (χ3n) is 2.37. The first-order chi connectivity index (χ1) is 8.59. The fraction of sp³-hybridized carbons (Fsp3) is 0.0833. The van der Waals surface area contributed by atoms with Gasteiger partial charge in [0.1, 0.15) is 5.00 Å². The highest BCUT2D eigenvalue weighted by molar-refractivity contribution is 7.14. The molecule has 1 heterocycles. The lowest BCUT2D eigenvalue weighted by Crippen LogP contribution is -2.16. The molecule has 0 atom stereocenters. The number of aromatic carboxylic acids is 1. The van der Waals surface area contributed by atoms with Crippen molar-refractivity contribution in [1.82, 2.24) is 4.98 Å². The van der Waals surface area contributed by atoms with Gasteiger partial charge in [-0.15, -0.1) is 11.3 Å². The Balaban J connectivity index is 2.30. The summed E-state index contributed by atoms with van der Waals surface area (Å²) in [6.45, 7) is 1.77. The number of anilines is 1. The molecule has 18 heavy (non-hydrogen) atoms. The van der Waals surface area contributed by atoms with Crippen molar-refractivity contribution in [3.05, 3.63) is 46.6 Å². The van der Waals surface area contributed by atoms with Gasteiger partial charge < -0.3 is 10.4 Å². The molecule has 2 rings (SSSR count). The van der Waals surface area contributed by atoms with Crippen LogP contribution in [-0.2, 0) is 0 Å². The first-order valence-electron chi connectivity index (χ1n) is 5.13. The number of nitrogens with one attached hydrogen (secondary N) is 1. The van der Waals surface area contributed by atoms with Gasteiger partial charge in [0.25, 0.3) is 5.91 Å². The highest BCUT2D eigenvalue weighted by Crippen LogP contribution is 2.20. The Morgan fingerprint density at radius 2 is 1.94 bits per heavy atom. The fourth-order valence-corrected chi connectivity index (χ4v) is 2.15. The van der Waals surface area contributed by atoms with E-state index in [4.69, 9.17) is 5.11 Å². The summed E-state index contributed by atoms with van der Waals surface area (Å²) < 4.78 is 0. The summed E-state index contributed by atoms with van der Waals surface area (Å²) in [5, 5.41) is 12.3. The average molecular weight is 262 g/mol. The van der Waals surface area contributed by atoms with E-state index in [0.29, 0.717) is 10.7 Å². The van der Waals surface area contributed by atoms with E-state index in [1.165, 1.54) is 23.5 Å². The first kappa shape index (κ1) is 12.3. The van der Waals surface area contributed by atoms with Gasteiger partial charge in [-0.1, -0.05) is 12.1 Å². The molecule has 5 nitrogen and oxygen atoms in total. The van der Waals surface area contributed by atoms with Crippen LogP contribution in [0.15, 0.2) is 29.8 Å². The van der Waals surface area contributed by atoms with Crippen molar-refractivity contribution in [2.75, 3.05) is 5.32 Å². The van der Waals surface area contributed by atoms with E-state index >= 15 is 0 Å². The molecule has 0 spiro atoms. The van der Waals surface area contributed by atoms with E-state index in [0.717, 1.165) is 0 Å². The van der Waals surface area contributed by atoms with Crippen molar-refractivity contribution in [2.24, 2.45) is 0 Å². The zero-order chi connectivity index (χ0) is 13.1. The molecule has 1 amide bonds. The summed E-state index contributed by atoms with van der Waals surface area (Å²) in [6, 6.07) is 6.09. The van der Waals surface area contributed by atoms with Crippen LogP contribution >= 0.6 is 11.3 Å². The topological polar surface area (TPSA) is 79.3 Å². The van der Waals surface area contributed by atoms with Gasteiger partial charge >= 0.3 is 5.97 Å². The number of carbonyl (C=O) groups excluding carboxylic acids is 1. The summed E-state index contributed by atoms with van der Waals surface area (Å²) in [7, 11) is 0. The Morgan fingerprint density at radius 3 is 2.50 bits per heavy atom. The largest absolute Gasteiger partial charge is 0.478 e. The zero-order valence-corrected chi connectivity index (χ0v) is 10.3. The highest BCUT2D eigenvalue weighted by Gasteiger charge is 2.16. The number of carbonyl (C=O) groups is 2. The second-order valence-corrected chi connectivity index (χ2v) is 4.43. The van der Waals surface area contributed by atoms with Crippen molar-refractivity contribution >= 4 is 28.2 Å². The van der Waals surface area contributed by atoms with Crippen molar-refractivity contribution in [2.45, 2.75) is 6.92 Å². The summed E-state index contributed by atoms with van der Waals surface area (Å²) >= 11 is 1.30. The zero-order valence-electron chi connectivity index (χ0n) is 9.51. The molecule has 0 fully saturated rings. The van der Waals surface area contributed by atoms with Gasteiger partial charge in [-0.05, 0) is 19.1 Å². The smallest absolute Gasteiger partial charge is 0.336 e. The molecule has 0 unspecified atom stereocenters. The lowest BCUT2D eigenvalue weighted by molar-refractivity contribution is 0.0692. The van der Waals surface area contributed by atoms with Crippen molar-refractivity contribution in [3.63, 3.8) is 0 Å². The predicted molar refractivity (Wildman–Crippen MR) is 68.2 cm³/mol. The standard InChI is InChI=1S/C12H10N2O3S/c1-7-11(18-6-13-7)14-10(15)8-4-2-3-5-9(8)12(16)17/h2-6H,1H3,(H,14,15)(H,16,17). The van der Waals surface area contributed by atoms with E-state index in [1.54, 1.807) is 24.6 Å². The first-order valence-corrected chi connectivity index (χ1v) is 6.01. The molecule has 6 heteroatoms. The van der Waals surface area contributed by atoms with Crippen LogP contribution < -0.4 is 5.32 Å². The Kier molecular flexibility index (Phi) is 3.38. The van der Waals surface area contributed by atoms with Gasteiger partial charge in [-0.3, -0.25) is 4.79 Å². The van der Waals surface area contributed by atoms with Gasteiger partial charge in [-0.2, -0.15) is 0 Å². The highest BCUT2D eigenvalue weighted by atomic mass is 32.1. The number of nitrogens with zero attached hydrogens (tertiary/aromatic N) is 1. The summed E-state index contributed by atoms with van der Waals surface area (Å²) in [5.74, 6) is -1.57. The number of aryl methyl sites for hydroxylation is 1. The van der Waals surface area contributed by atoms with Crippen LogP contribution in [-0.4, -0.2) is 22.0 Å². The van der Waals surface area contributed by atoms with Crippen LogP contribution in [0.4, 0.5) is 5.00 Å². The summed E-state index contributed by atoms with van der Waals surface area (Å²) in [4.78, 5) is 27.0. The molecule has 92 valence electrons. The Hall–Kier alpha value is -2.21. The van der Waals surface area contributed by atoms with Gasteiger partial charge in [0.15, 0.2) is 0 Å². The van der Waals surface area contributed by atoms with Gasteiger partial charge in [-0.25, -0.2) is 9.78 Å². The third-order valence-corrected chi connectivity index (χ3v) is 3.22. The number of carboxylic acid groups (broad SMARTS) is 1. The van der Waals surface area contributed by atoms with Crippen LogP contribution in [0.2, 0.25) is 0 Å². The number of thiazole rings is 1. The van der Waals surface area contributed by atoms with Crippen molar-refractivity contribution < 1.29 is 14.7 Å². The SMILES string of the molecule is Cc1ncsc1NC(=O)c1ccccc1C(=O)O. The number of aromatic nitrogens is 1. The third kappa shape index (κ3) is 2.38. The number of benzene rings is 1. The molecule has 0 radical (unpaired) electrons. The van der Waals surface area contributed by atoms with Gasteiger partial charge in [0.2, 0.25) is 0 Å². The molecule has 2 aromatic rings. The maximum absolute atomic E-state index is 12.0. The maximum atomic E-state index is 12.0. The van der Waals surface area contributed by atoms with Crippen molar-refractivity contribution in [1.29, 1.82) is 0 Å². The monoisotopic (exact) mass is 262 g/mol. The molecule has 1 aromatic heterocycles. The second-order valence-electron chi connectivity index (χ2n) is 3.57. The quantitative estimate of drug-likeness (QED) is 0.890. The number of hydrogen-bond donors (Lipinski definition) is 2. The number of amides is 1. The van der Waals surface area contributed by atoms with Crippen molar-refractivity contribution in [3.8, 4) is 0 Å². The van der Waals surface area contributed by atoms with Crippen LogP contribution in [0, 0.1) is 6.92 Å². The van der Waals surface area contributed by atoms with Gasteiger partial charge in [0.05, 0.1) is 22.3 Å². The molecule has 0 saturated heterocycles. The lowest BCUT2D eigenvalue weighted by Gasteiger charge is -2.06. The molecule has 0 aliphatic rings. The van der Waals surface area contributed by atoms with E-state index in [1.807, 2.05) is 0 Å². The predicted octanol–water partition coefficient (Wildman–Crippen LogP) is 2.40. The minimum Gasteiger partial charge on any atom is -0.478 e. The molecule has 2 N–H and O–H groups in total. The molecule has 0 saturated carbocycles. The van der Waals surface area contributed by atoms with E-state index < -0.39 is 11.9 Å². The number of rotatable bonds is 3. The molecular formula is C12H10N2O3S. The van der Waals surface area contributed by atoms with Crippen LogP contribution in [0.25, 0.3) is 0 Å². The van der Waals surface area contributed by atoms with E-state index in [-0.39, 0.29) is 11.1 Å². The van der Waals surface area contributed by atoms with E-state index in [9.17, 15) is 9.59 Å². The summed E-state index contributed by atoms with van der Waals surface area (Å²) in [5.41, 5.74) is 2.45. The lowest BCUT2D eigenvalue weighted by atomic mass is 10.1. The van der Waals surface area contributed by atoms with Crippen LogP contribution in [0.5, 0.6) is 0 Å². The molecule has 0 bridgehead atoms. The van der Waals surface area contributed by atoms with Crippen LogP contribution in [0.1, 0.15) is 26.4 Å². The Bertz CT molecular complexity index is 607. The average Bonchev–Trinajstić information content (AvgIpc) is 2.75.